The van der Waals surface area contributed by atoms with Crippen LogP contribution >= 0.6 is 0 Å². The molecule has 0 saturated carbocycles. The van der Waals surface area contributed by atoms with Gasteiger partial charge in [0.2, 0.25) is 0 Å². The Balaban J connectivity index is 4.81. The Labute approximate surface area is 108 Å². The summed E-state index contributed by atoms with van der Waals surface area (Å²) in [4.78, 5) is 2.58. The highest BCUT2D eigenvalue weighted by molar-refractivity contribution is 4.98. The summed E-state index contributed by atoms with van der Waals surface area (Å²) in [6, 6.07) is 0.532. The molecule has 1 N–H and O–H groups in total. The van der Waals surface area contributed by atoms with E-state index in [0.717, 1.165) is 19.5 Å². The Hall–Kier alpha value is -0.340. The highest BCUT2D eigenvalue weighted by Crippen LogP contribution is 2.26. The molecular weight excluding hydrogens is 208 g/mol. The molecule has 0 aliphatic heterocycles. The Morgan fingerprint density at radius 2 is 1.82 bits per heavy atom. The predicted octanol–water partition coefficient (Wildman–Crippen LogP) is 3.44. The number of allylic oxidation sites excluding steroid dienone is 1. The van der Waals surface area contributed by atoms with Gasteiger partial charge in [-0.15, -0.1) is 6.58 Å². The summed E-state index contributed by atoms with van der Waals surface area (Å²) in [5.41, 5.74) is 1.52. The Morgan fingerprint density at radius 1 is 1.29 bits per heavy atom. The van der Waals surface area contributed by atoms with Crippen LogP contribution in [0.25, 0.3) is 0 Å². The van der Waals surface area contributed by atoms with E-state index in [-0.39, 0.29) is 5.54 Å². The van der Waals surface area contributed by atoms with E-state index in [2.05, 4.69) is 58.5 Å². The second kappa shape index (κ2) is 7.88. The Kier molecular flexibility index (Phi) is 7.73. The van der Waals surface area contributed by atoms with Crippen molar-refractivity contribution in [1.82, 2.24) is 10.2 Å². The number of rotatable bonds is 9. The normalized spacial score (nSPS) is 16.9. The summed E-state index contributed by atoms with van der Waals surface area (Å²) < 4.78 is 0. The summed E-state index contributed by atoms with van der Waals surface area (Å²) in [5.74, 6) is 0. The molecule has 17 heavy (non-hydrogen) atoms. The average molecular weight is 240 g/mol. The van der Waals surface area contributed by atoms with Gasteiger partial charge in [0.15, 0.2) is 0 Å². The van der Waals surface area contributed by atoms with Crippen LogP contribution in [-0.2, 0) is 0 Å². The lowest BCUT2D eigenvalue weighted by atomic mass is 9.84. The third kappa shape index (κ3) is 4.44. The van der Waals surface area contributed by atoms with E-state index in [4.69, 9.17) is 0 Å². The highest BCUT2D eigenvalue weighted by atomic mass is 15.2. The third-order valence-electron chi connectivity index (χ3n) is 4.16. The van der Waals surface area contributed by atoms with Crippen molar-refractivity contribution in [3.63, 3.8) is 0 Å². The van der Waals surface area contributed by atoms with Gasteiger partial charge in [-0.25, -0.2) is 0 Å². The molecule has 102 valence electrons. The van der Waals surface area contributed by atoms with Crippen molar-refractivity contribution in [3.8, 4) is 0 Å². The first kappa shape index (κ1) is 16.7. The van der Waals surface area contributed by atoms with Gasteiger partial charge in [0.25, 0.3) is 0 Å². The fourth-order valence-electron chi connectivity index (χ4n) is 2.79. The molecule has 0 fully saturated rings. The first-order valence-corrected chi connectivity index (χ1v) is 7.02. The van der Waals surface area contributed by atoms with E-state index in [1.54, 1.807) is 0 Å². The largest absolute Gasteiger partial charge is 0.315 e. The van der Waals surface area contributed by atoms with Crippen LogP contribution < -0.4 is 5.32 Å². The van der Waals surface area contributed by atoms with Gasteiger partial charge in [0, 0.05) is 11.6 Å². The zero-order valence-corrected chi connectivity index (χ0v) is 12.8. The van der Waals surface area contributed by atoms with Crippen molar-refractivity contribution in [3.05, 3.63) is 12.2 Å². The van der Waals surface area contributed by atoms with Gasteiger partial charge in [-0.1, -0.05) is 26.3 Å². The van der Waals surface area contributed by atoms with Crippen molar-refractivity contribution >= 4 is 0 Å². The lowest BCUT2D eigenvalue weighted by Crippen LogP contribution is -2.58. The van der Waals surface area contributed by atoms with Gasteiger partial charge < -0.3 is 5.32 Å². The number of nitrogens with zero attached hydrogens (tertiary/aromatic N) is 1. The molecule has 0 rings (SSSR count). The van der Waals surface area contributed by atoms with Gasteiger partial charge in [-0.2, -0.15) is 0 Å². The molecule has 0 bridgehead atoms. The minimum atomic E-state index is 0.244. The molecule has 2 heteroatoms. The van der Waals surface area contributed by atoms with E-state index >= 15 is 0 Å². The number of hydrogen-bond acceptors (Lipinski definition) is 2. The zero-order chi connectivity index (χ0) is 13.5. The molecule has 2 unspecified atom stereocenters. The average Bonchev–Trinajstić information content (AvgIpc) is 2.30. The minimum absolute atomic E-state index is 0.244. The first-order valence-electron chi connectivity index (χ1n) is 7.02. The topological polar surface area (TPSA) is 15.3 Å². The van der Waals surface area contributed by atoms with Crippen LogP contribution in [0.2, 0.25) is 0 Å². The fourth-order valence-corrected chi connectivity index (χ4v) is 2.79. The molecule has 0 saturated heterocycles. The molecule has 0 aromatic rings. The van der Waals surface area contributed by atoms with Crippen LogP contribution in [0.4, 0.5) is 0 Å². The number of hydrogen-bond donors (Lipinski definition) is 1. The van der Waals surface area contributed by atoms with Crippen molar-refractivity contribution in [2.75, 3.05) is 20.1 Å². The molecular formula is C15H32N2. The van der Waals surface area contributed by atoms with Crippen molar-refractivity contribution in [2.45, 2.75) is 65.5 Å². The van der Waals surface area contributed by atoms with E-state index in [1.165, 1.54) is 18.4 Å². The monoisotopic (exact) mass is 240 g/mol. The SMILES string of the molecule is C=C(C)CCC(NC)C(C)(CC)N(CC)CC. The van der Waals surface area contributed by atoms with Crippen LogP contribution in [0.5, 0.6) is 0 Å². The molecule has 0 aliphatic rings. The molecule has 0 heterocycles. The van der Waals surface area contributed by atoms with Gasteiger partial charge >= 0.3 is 0 Å². The summed E-state index contributed by atoms with van der Waals surface area (Å²) in [7, 11) is 2.08. The van der Waals surface area contributed by atoms with Crippen molar-refractivity contribution in [1.29, 1.82) is 0 Å². The van der Waals surface area contributed by atoms with Gasteiger partial charge in [-0.3, -0.25) is 4.90 Å². The molecule has 0 aliphatic carbocycles. The van der Waals surface area contributed by atoms with Gasteiger partial charge in [-0.05, 0) is 53.2 Å². The molecule has 0 amide bonds. The molecule has 2 nitrogen and oxygen atoms in total. The molecule has 0 aromatic carbocycles. The van der Waals surface area contributed by atoms with Crippen LogP contribution in [0.15, 0.2) is 12.2 Å². The summed E-state index contributed by atoms with van der Waals surface area (Å²) in [6.07, 6.45) is 3.46. The van der Waals surface area contributed by atoms with E-state index in [0.29, 0.717) is 6.04 Å². The van der Waals surface area contributed by atoms with Crippen LogP contribution in [-0.4, -0.2) is 36.6 Å². The molecule has 0 radical (unpaired) electrons. The lowest BCUT2D eigenvalue weighted by molar-refractivity contribution is 0.0698. The van der Waals surface area contributed by atoms with E-state index < -0.39 is 0 Å². The van der Waals surface area contributed by atoms with Crippen LogP contribution in [0.1, 0.15) is 53.9 Å². The predicted molar refractivity (Wildman–Crippen MR) is 78.5 cm³/mol. The maximum Gasteiger partial charge on any atom is 0.0331 e. The van der Waals surface area contributed by atoms with Gasteiger partial charge in [0.05, 0.1) is 0 Å². The standard InChI is InChI=1S/C15H32N2/c1-8-15(6,17(9-2)10-3)14(16-7)12-11-13(4)5/h14,16H,4,8-12H2,1-3,5-7H3. The van der Waals surface area contributed by atoms with E-state index in [1.807, 2.05) is 0 Å². The highest BCUT2D eigenvalue weighted by Gasteiger charge is 2.35. The van der Waals surface area contributed by atoms with Crippen molar-refractivity contribution < 1.29 is 0 Å². The lowest BCUT2D eigenvalue weighted by Gasteiger charge is -2.46. The van der Waals surface area contributed by atoms with Crippen LogP contribution in [0.3, 0.4) is 0 Å². The van der Waals surface area contributed by atoms with Crippen LogP contribution in [0, 0.1) is 0 Å². The van der Waals surface area contributed by atoms with Gasteiger partial charge in [0.1, 0.15) is 0 Å². The maximum absolute atomic E-state index is 4.01. The zero-order valence-electron chi connectivity index (χ0n) is 12.8. The smallest absolute Gasteiger partial charge is 0.0331 e. The second-order valence-electron chi connectivity index (χ2n) is 5.22. The summed E-state index contributed by atoms with van der Waals surface area (Å²) >= 11 is 0. The third-order valence-corrected chi connectivity index (χ3v) is 4.16. The quantitative estimate of drug-likeness (QED) is 0.621. The fraction of sp³-hybridized carbons (Fsp3) is 0.867. The number of likely N-dealkylation sites (N-methyl/N-ethyl adjacent to an activating group) is 2. The maximum atomic E-state index is 4.01. The second-order valence-corrected chi connectivity index (χ2v) is 5.22. The first-order chi connectivity index (χ1) is 7.96. The molecule has 0 aromatic heterocycles. The Morgan fingerprint density at radius 3 is 2.12 bits per heavy atom. The van der Waals surface area contributed by atoms with E-state index in [9.17, 15) is 0 Å². The van der Waals surface area contributed by atoms with Crippen molar-refractivity contribution in [2.24, 2.45) is 0 Å². The summed E-state index contributed by atoms with van der Waals surface area (Å²) in [6.45, 7) is 17.6. The molecule has 2 atom stereocenters. The minimum Gasteiger partial charge on any atom is -0.315 e. The Bertz CT molecular complexity index is 221. The number of nitrogens with one attached hydrogen (secondary N) is 1. The molecule has 0 spiro atoms. The summed E-state index contributed by atoms with van der Waals surface area (Å²) in [5, 5.41) is 3.52.